The SMILES string of the molecule is Cc1cc(C(=O)Nc2ccc(CN3CCC(O)C3)cc2)nn1Cc1cc(Cl)ccc1OCC(C)C. The Hall–Kier alpha value is -2.87. The molecule has 2 aromatic carbocycles. The number of rotatable bonds is 9. The molecule has 0 bridgehead atoms. The van der Waals surface area contributed by atoms with Gasteiger partial charge in [-0.2, -0.15) is 5.10 Å². The fourth-order valence-corrected chi connectivity index (χ4v) is 4.31. The number of halogens is 1. The lowest BCUT2D eigenvalue weighted by atomic mass is 10.2. The highest BCUT2D eigenvalue weighted by molar-refractivity contribution is 6.30. The van der Waals surface area contributed by atoms with E-state index in [2.05, 4.69) is 29.2 Å². The molecule has 1 aliphatic rings. The highest BCUT2D eigenvalue weighted by Gasteiger charge is 2.20. The van der Waals surface area contributed by atoms with E-state index in [4.69, 9.17) is 16.3 Å². The summed E-state index contributed by atoms with van der Waals surface area (Å²) < 4.78 is 7.75. The smallest absolute Gasteiger partial charge is 0.276 e. The molecule has 0 radical (unpaired) electrons. The van der Waals surface area contributed by atoms with Crippen molar-refractivity contribution in [3.05, 3.63) is 76.1 Å². The number of aromatic nitrogens is 2. The Morgan fingerprint density at radius 1 is 1.20 bits per heavy atom. The van der Waals surface area contributed by atoms with Gasteiger partial charge in [-0.3, -0.25) is 14.4 Å². The van der Waals surface area contributed by atoms with Crippen LogP contribution in [0.15, 0.2) is 48.5 Å². The molecule has 0 saturated carbocycles. The largest absolute Gasteiger partial charge is 0.493 e. The summed E-state index contributed by atoms with van der Waals surface area (Å²) in [5.41, 5.74) is 4.00. The predicted molar refractivity (Wildman–Crippen MR) is 138 cm³/mol. The maximum atomic E-state index is 12.9. The van der Waals surface area contributed by atoms with Gasteiger partial charge in [0.2, 0.25) is 0 Å². The lowest BCUT2D eigenvalue weighted by Gasteiger charge is -2.15. The van der Waals surface area contributed by atoms with Crippen molar-refractivity contribution in [1.82, 2.24) is 14.7 Å². The molecule has 1 aliphatic heterocycles. The van der Waals surface area contributed by atoms with Gasteiger partial charge in [0.05, 0.1) is 19.3 Å². The first kappa shape index (κ1) is 25.2. The number of hydrogen-bond acceptors (Lipinski definition) is 5. The molecule has 2 heterocycles. The van der Waals surface area contributed by atoms with Crippen LogP contribution in [0.25, 0.3) is 0 Å². The molecule has 2 N–H and O–H groups in total. The monoisotopic (exact) mass is 496 g/mol. The maximum Gasteiger partial charge on any atom is 0.276 e. The lowest BCUT2D eigenvalue weighted by Crippen LogP contribution is -2.21. The van der Waals surface area contributed by atoms with Gasteiger partial charge in [0.25, 0.3) is 5.91 Å². The molecule has 1 atom stereocenters. The Morgan fingerprint density at radius 2 is 1.97 bits per heavy atom. The molecule has 0 aliphatic carbocycles. The molecule has 1 amide bonds. The van der Waals surface area contributed by atoms with Gasteiger partial charge in [-0.25, -0.2) is 0 Å². The van der Waals surface area contributed by atoms with E-state index >= 15 is 0 Å². The first-order valence-corrected chi connectivity index (χ1v) is 12.4. The molecule has 3 aromatic rings. The molecule has 1 aromatic heterocycles. The minimum Gasteiger partial charge on any atom is -0.493 e. The summed E-state index contributed by atoms with van der Waals surface area (Å²) in [5.74, 6) is 0.916. The van der Waals surface area contributed by atoms with Gasteiger partial charge in [0.15, 0.2) is 5.69 Å². The standard InChI is InChI=1S/C27H33ClN4O3/c1-18(2)17-35-26-9-6-22(28)13-21(26)15-32-19(3)12-25(30-32)27(34)29-23-7-4-20(5-8-23)14-31-11-10-24(33)16-31/h4-9,12-13,18,24,33H,10-11,14-17H2,1-3H3,(H,29,34). The quantitative estimate of drug-likeness (QED) is 0.447. The van der Waals surface area contributed by atoms with Crippen molar-refractivity contribution < 1.29 is 14.6 Å². The highest BCUT2D eigenvalue weighted by Crippen LogP contribution is 2.25. The van der Waals surface area contributed by atoms with Crippen LogP contribution in [0.1, 0.15) is 47.6 Å². The fourth-order valence-electron chi connectivity index (χ4n) is 4.11. The second kappa shape index (κ2) is 11.2. The zero-order valence-electron chi connectivity index (χ0n) is 20.5. The van der Waals surface area contributed by atoms with Gasteiger partial charge in [0, 0.05) is 41.6 Å². The van der Waals surface area contributed by atoms with Crippen molar-refractivity contribution in [3.63, 3.8) is 0 Å². The Labute approximate surface area is 211 Å². The molecular formula is C27H33ClN4O3. The molecular weight excluding hydrogens is 464 g/mol. The van der Waals surface area contributed by atoms with Crippen molar-refractivity contribution in [2.45, 2.75) is 46.4 Å². The Balaban J connectivity index is 1.40. The lowest BCUT2D eigenvalue weighted by molar-refractivity contribution is 0.102. The van der Waals surface area contributed by atoms with E-state index in [9.17, 15) is 9.90 Å². The first-order chi connectivity index (χ1) is 16.8. The topological polar surface area (TPSA) is 79.6 Å². The number of nitrogens with zero attached hydrogens (tertiary/aromatic N) is 3. The number of aliphatic hydroxyl groups excluding tert-OH is 1. The number of likely N-dealkylation sites (tertiary alicyclic amines) is 1. The normalized spacial score (nSPS) is 16.1. The minimum atomic E-state index is -0.260. The third kappa shape index (κ3) is 6.84. The zero-order valence-corrected chi connectivity index (χ0v) is 21.3. The first-order valence-electron chi connectivity index (χ1n) is 12.0. The highest BCUT2D eigenvalue weighted by atomic mass is 35.5. The van der Waals surface area contributed by atoms with Crippen LogP contribution in [0, 0.1) is 12.8 Å². The summed E-state index contributed by atoms with van der Waals surface area (Å²) in [6, 6.07) is 15.1. The average molecular weight is 497 g/mol. The van der Waals surface area contributed by atoms with Gasteiger partial charge in [-0.05, 0) is 61.2 Å². The third-order valence-corrected chi connectivity index (χ3v) is 6.23. The molecule has 35 heavy (non-hydrogen) atoms. The maximum absolute atomic E-state index is 12.9. The minimum absolute atomic E-state index is 0.227. The van der Waals surface area contributed by atoms with E-state index in [1.807, 2.05) is 49.4 Å². The second-order valence-electron chi connectivity index (χ2n) is 9.61. The van der Waals surface area contributed by atoms with E-state index in [-0.39, 0.29) is 12.0 Å². The van der Waals surface area contributed by atoms with Crippen LogP contribution in [0.2, 0.25) is 5.02 Å². The van der Waals surface area contributed by atoms with Crippen LogP contribution >= 0.6 is 11.6 Å². The van der Waals surface area contributed by atoms with E-state index in [1.54, 1.807) is 10.7 Å². The van der Waals surface area contributed by atoms with Gasteiger partial charge in [-0.15, -0.1) is 0 Å². The van der Waals surface area contributed by atoms with Gasteiger partial charge in [-0.1, -0.05) is 37.6 Å². The fraction of sp³-hybridized carbons (Fsp3) is 0.407. The molecule has 7 nitrogen and oxygen atoms in total. The molecule has 4 rings (SSSR count). The van der Waals surface area contributed by atoms with Crippen molar-refractivity contribution >= 4 is 23.2 Å². The van der Waals surface area contributed by atoms with Crippen LogP contribution in [-0.2, 0) is 13.1 Å². The zero-order chi connectivity index (χ0) is 24.9. The summed E-state index contributed by atoms with van der Waals surface area (Å²) in [7, 11) is 0. The summed E-state index contributed by atoms with van der Waals surface area (Å²) in [6.45, 7) is 9.60. The van der Waals surface area contributed by atoms with Crippen molar-refractivity contribution in [2.75, 3.05) is 25.0 Å². The van der Waals surface area contributed by atoms with Crippen LogP contribution in [0.5, 0.6) is 5.75 Å². The number of aliphatic hydroxyl groups is 1. The van der Waals surface area contributed by atoms with Crippen LogP contribution in [-0.4, -0.2) is 51.5 Å². The number of benzene rings is 2. The van der Waals surface area contributed by atoms with Gasteiger partial charge >= 0.3 is 0 Å². The Bertz CT molecular complexity index is 1160. The van der Waals surface area contributed by atoms with Gasteiger partial charge in [0.1, 0.15) is 5.75 Å². The van der Waals surface area contributed by atoms with E-state index in [1.165, 1.54) is 0 Å². The number of aryl methyl sites for hydroxylation is 1. The average Bonchev–Trinajstić information content (AvgIpc) is 3.39. The number of carbonyl (C=O) groups excluding carboxylic acids is 1. The number of anilines is 1. The number of nitrogens with one attached hydrogen (secondary N) is 1. The number of β-amino-alcohol motifs (C(OH)–C–C–N with tert-alkyl or cyclic N) is 1. The molecule has 1 saturated heterocycles. The van der Waals surface area contributed by atoms with Crippen LogP contribution in [0.3, 0.4) is 0 Å². The number of amides is 1. The number of ether oxygens (including phenoxy) is 1. The van der Waals surface area contributed by atoms with Crippen LogP contribution < -0.4 is 10.1 Å². The molecule has 0 spiro atoms. The third-order valence-electron chi connectivity index (χ3n) is 5.99. The summed E-state index contributed by atoms with van der Waals surface area (Å²) >= 11 is 6.23. The van der Waals surface area contributed by atoms with Crippen molar-refractivity contribution in [3.8, 4) is 5.75 Å². The van der Waals surface area contributed by atoms with Crippen molar-refractivity contribution in [2.24, 2.45) is 5.92 Å². The molecule has 8 heteroatoms. The Morgan fingerprint density at radius 3 is 2.66 bits per heavy atom. The summed E-state index contributed by atoms with van der Waals surface area (Å²) in [5, 5.41) is 17.8. The molecule has 1 fully saturated rings. The number of carbonyl (C=O) groups is 1. The predicted octanol–water partition coefficient (Wildman–Crippen LogP) is 4.75. The summed E-state index contributed by atoms with van der Waals surface area (Å²) in [4.78, 5) is 15.1. The number of hydrogen-bond donors (Lipinski definition) is 2. The van der Waals surface area contributed by atoms with E-state index < -0.39 is 0 Å². The molecule has 186 valence electrons. The molecule has 1 unspecified atom stereocenters. The van der Waals surface area contributed by atoms with Crippen LogP contribution in [0.4, 0.5) is 5.69 Å². The summed E-state index contributed by atoms with van der Waals surface area (Å²) in [6.07, 6.45) is 0.596. The van der Waals surface area contributed by atoms with E-state index in [0.29, 0.717) is 42.0 Å². The van der Waals surface area contributed by atoms with Crippen molar-refractivity contribution in [1.29, 1.82) is 0 Å². The van der Waals surface area contributed by atoms with Gasteiger partial charge < -0.3 is 15.2 Å². The van der Waals surface area contributed by atoms with E-state index in [0.717, 1.165) is 42.1 Å². The second-order valence-corrected chi connectivity index (χ2v) is 10.1. The Kier molecular flexibility index (Phi) is 8.11.